The molecular formula is C22H31NO5. The molecule has 1 atom stereocenters. The number of carbonyl (C=O) groups is 2. The van der Waals surface area contributed by atoms with Crippen molar-refractivity contribution >= 4 is 11.9 Å². The first kappa shape index (κ1) is 20.6. The van der Waals surface area contributed by atoms with Crippen molar-refractivity contribution in [1.29, 1.82) is 0 Å². The minimum Gasteiger partial charge on any atom is -0.497 e. The van der Waals surface area contributed by atoms with Gasteiger partial charge in [-0.2, -0.15) is 0 Å². The van der Waals surface area contributed by atoms with E-state index in [2.05, 4.69) is 0 Å². The molecule has 28 heavy (non-hydrogen) atoms. The molecule has 0 N–H and O–H groups in total. The number of carbonyl (C=O) groups excluding carboxylic acids is 2. The molecule has 0 radical (unpaired) electrons. The minimum atomic E-state index is -0.707. The molecule has 1 unspecified atom stereocenters. The Labute approximate surface area is 167 Å². The number of hydrogen-bond donors (Lipinski definition) is 0. The lowest BCUT2D eigenvalue weighted by atomic mass is 9.74. The predicted molar refractivity (Wildman–Crippen MR) is 105 cm³/mol. The van der Waals surface area contributed by atoms with Gasteiger partial charge < -0.3 is 19.1 Å². The fourth-order valence-electron chi connectivity index (χ4n) is 4.36. The second-order valence-corrected chi connectivity index (χ2v) is 7.78. The van der Waals surface area contributed by atoms with Gasteiger partial charge in [0.2, 0.25) is 5.91 Å². The monoisotopic (exact) mass is 389 g/mol. The Balaban J connectivity index is 1.81. The van der Waals surface area contributed by atoms with Crippen LogP contribution >= 0.6 is 0 Å². The second kappa shape index (κ2) is 9.41. The third kappa shape index (κ3) is 4.66. The summed E-state index contributed by atoms with van der Waals surface area (Å²) >= 11 is 0. The number of amides is 1. The van der Waals surface area contributed by atoms with Gasteiger partial charge in [-0.25, -0.2) is 0 Å². The maximum absolute atomic E-state index is 13.1. The molecule has 2 saturated heterocycles. The van der Waals surface area contributed by atoms with Crippen LogP contribution in [0.2, 0.25) is 0 Å². The molecule has 0 aliphatic carbocycles. The fraction of sp³-hybridized carbons (Fsp3) is 0.636. The van der Waals surface area contributed by atoms with Crippen molar-refractivity contribution in [3.8, 4) is 5.75 Å². The van der Waals surface area contributed by atoms with E-state index in [1.54, 1.807) is 7.11 Å². The Kier molecular flexibility index (Phi) is 6.94. The van der Waals surface area contributed by atoms with Crippen LogP contribution in [-0.4, -0.2) is 56.8 Å². The highest BCUT2D eigenvalue weighted by Gasteiger charge is 2.45. The van der Waals surface area contributed by atoms with Gasteiger partial charge in [-0.05, 0) is 56.7 Å². The van der Waals surface area contributed by atoms with Crippen LogP contribution in [-0.2, 0) is 25.5 Å². The van der Waals surface area contributed by atoms with Crippen LogP contribution in [0.15, 0.2) is 24.3 Å². The van der Waals surface area contributed by atoms with E-state index in [-0.39, 0.29) is 17.8 Å². The average Bonchev–Trinajstić information content (AvgIpc) is 2.74. The molecule has 6 nitrogen and oxygen atoms in total. The van der Waals surface area contributed by atoms with E-state index >= 15 is 0 Å². The molecule has 3 rings (SSSR count). The Morgan fingerprint density at radius 2 is 2.07 bits per heavy atom. The van der Waals surface area contributed by atoms with Crippen LogP contribution in [0, 0.1) is 11.3 Å². The largest absolute Gasteiger partial charge is 0.497 e. The third-order valence-corrected chi connectivity index (χ3v) is 5.84. The Morgan fingerprint density at radius 3 is 2.79 bits per heavy atom. The van der Waals surface area contributed by atoms with Crippen molar-refractivity contribution in [2.24, 2.45) is 11.3 Å². The first-order valence-corrected chi connectivity index (χ1v) is 10.2. The number of esters is 1. The normalized spacial score (nSPS) is 23.3. The smallest absolute Gasteiger partial charge is 0.314 e. The zero-order chi connectivity index (χ0) is 20.0. The van der Waals surface area contributed by atoms with Gasteiger partial charge in [-0.1, -0.05) is 12.1 Å². The van der Waals surface area contributed by atoms with E-state index in [0.29, 0.717) is 39.3 Å². The van der Waals surface area contributed by atoms with Gasteiger partial charge in [0.25, 0.3) is 0 Å². The van der Waals surface area contributed by atoms with E-state index in [1.165, 1.54) is 0 Å². The molecule has 154 valence electrons. The lowest BCUT2D eigenvalue weighted by molar-refractivity contribution is -0.162. The number of rotatable bonds is 6. The lowest BCUT2D eigenvalue weighted by Crippen LogP contribution is -2.53. The molecule has 2 aliphatic heterocycles. The summed E-state index contributed by atoms with van der Waals surface area (Å²) in [6.07, 6.45) is 3.59. The molecule has 0 bridgehead atoms. The summed E-state index contributed by atoms with van der Waals surface area (Å²) in [6, 6.07) is 7.78. The van der Waals surface area contributed by atoms with Crippen molar-refractivity contribution in [2.45, 2.75) is 39.0 Å². The zero-order valence-corrected chi connectivity index (χ0v) is 16.9. The van der Waals surface area contributed by atoms with Crippen molar-refractivity contribution in [3.05, 3.63) is 29.8 Å². The second-order valence-electron chi connectivity index (χ2n) is 7.78. The van der Waals surface area contributed by atoms with Crippen LogP contribution in [0.25, 0.3) is 0 Å². The van der Waals surface area contributed by atoms with Gasteiger partial charge in [-0.3, -0.25) is 9.59 Å². The standard InChI is InChI=1S/C22H31NO5/c1-3-28-21(25)22(15-17-6-4-7-19(14-17)26-2)10-5-11-23(16-22)20(24)18-8-12-27-13-9-18/h4,6-7,14,18H,3,5,8-13,15-16H2,1-2H3. The van der Waals surface area contributed by atoms with Crippen LogP contribution in [0.1, 0.15) is 38.2 Å². The SMILES string of the molecule is CCOC(=O)C1(Cc2cccc(OC)c2)CCCN(C(=O)C2CCOCC2)C1. The number of ether oxygens (including phenoxy) is 3. The Morgan fingerprint density at radius 1 is 1.29 bits per heavy atom. The molecule has 2 fully saturated rings. The first-order valence-electron chi connectivity index (χ1n) is 10.2. The van der Waals surface area contributed by atoms with Gasteiger partial charge in [-0.15, -0.1) is 0 Å². The molecule has 0 aromatic heterocycles. The van der Waals surface area contributed by atoms with Crippen molar-refractivity contribution < 1.29 is 23.8 Å². The maximum atomic E-state index is 13.1. The summed E-state index contributed by atoms with van der Waals surface area (Å²) in [5, 5.41) is 0. The van der Waals surface area contributed by atoms with E-state index in [1.807, 2.05) is 36.1 Å². The van der Waals surface area contributed by atoms with E-state index in [0.717, 1.165) is 37.0 Å². The number of methoxy groups -OCH3 is 1. The number of piperidine rings is 1. The number of hydrogen-bond acceptors (Lipinski definition) is 5. The highest BCUT2D eigenvalue weighted by atomic mass is 16.5. The molecule has 1 aromatic rings. The summed E-state index contributed by atoms with van der Waals surface area (Å²) in [4.78, 5) is 28.0. The highest BCUT2D eigenvalue weighted by Crippen LogP contribution is 2.37. The van der Waals surface area contributed by atoms with Crippen LogP contribution < -0.4 is 4.74 Å². The summed E-state index contributed by atoms with van der Waals surface area (Å²) in [5.74, 6) is 0.718. The zero-order valence-electron chi connectivity index (χ0n) is 16.9. The summed E-state index contributed by atoms with van der Waals surface area (Å²) in [6.45, 7) is 4.56. The first-order chi connectivity index (χ1) is 13.6. The molecule has 1 aromatic carbocycles. The summed E-state index contributed by atoms with van der Waals surface area (Å²) < 4.78 is 16.2. The van der Waals surface area contributed by atoms with E-state index in [9.17, 15) is 9.59 Å². The van der Waals surface area contributed by atoms with Gasteiger partial charge in [0, 0.05) is 32.2 Å². The number of benzene rings is 1. The van der Waals surface area contributed by atoms with Gasteiger partial charge in [0.15, 0.2) is 0 Å². The lowest BCUT2D eigenvalue weighted by Gasteiger charge is -2.42. The topological polar surface area (TPSA) is 65.1 Å². The molecule has 2 heterocycles. The summed E-state index contributed by atoms with van der Waals surface area (Å²) in [5.41, 5.74) is 0.314. The van der Waals surface area contributed by atoms with Crippen molar-refractivity contribution in [2.75, 3.05) is 40.0 Å². The van der Waals surface area contributed by atoms with Crippen LogP contribution in [0.5, 0.6) is 5.75 Å². The van der Waals surface area contributed by atoms with Gasteiger partial charge in [0.1, 0.15) is 5.75 Å². The predicted octanol–water partition coefficient (Wildman–Crippen LogP) is 2.84. The summed E-state index contributed by atoms with van der Waals surface area (Å²) in [7, 11) is 1.63. The number of nitrogens with zero attached hydrogens (tertiary/aromatic N) is 1. The van der Waals surface area contributed by atoms with E-state index < -0.39 is 5.41 Å². The molecule has 2 aliphatic rings. The third-order valence-electron chi connectivity index (χ3n) is 5.84. The maximum Gasteiger partial charge on any atom is 0.314 e. The van der Waals surface area contributed by atoms with Crippen LogP contribution in [0.4, 0.5) is 0 Å². The fourth-order valence-corrected chi connectivity index (χ4v) is 4.36. The van der Waals surface area contributed by atoms with Crippen molar-refractivity contribution in [3.63, 3.8) is 0 Å². The Bertz CT molecular complexity index is 685. The molecule has 0 spiro atoms. The molecule has 1 amide bonds. The number of likely N-dealkylation sites (tertiary alicyclic amines) is 1. The van der Waals surface area contributed by atoms with Gasteiger partial charge in [0.05, 0.1) is 19.1 Å². The van der Waals surface area contributed by atoms with Crippen LogP contribution in [0.3, 0.4) is 0 Å². The minimum absolute atomic E-state index is 0.00330. The highest BCUT2D eigenvalue weighted by molar-refractivity contribution is 5.82. The molecule has 0 saturated carbocycles. The quantitative estimate of drug-likeness (QED) is 0.700. The average molecular weight is 389 g/mol. The molecule has 6 heteroatoms. The molecular weight excluding hydrogens is 358 g/mol. The van der Waals surface area contributed by atoms with Gasteiger partial charge >= 0.3 is 5.97 Å². The Hall–Kier alpha value is -2.08. The van der Waals surface area contributed by atoms with E-state index in [4.69, 9.17) is 14.2 Å². The van der Waals surface area contributed by atoms with Crippen molar-refractivity contribution in [1.82, 2.24) is 4.90 Å².